The molecule has 0 aromatic heterocycles. The minimum absolute atomic E-state index is 0.202. The number of fused-ring (bicyclic) bond motifs is 1. The molecular weight excluding hydrogens is 138 g/mol. The Bertz CT molecular complexity index is 215. The highest BCUT2D eigenvalue weighted by atomic mass is 32.2. The lowest BCUT2D eigenvalue weighted by Crippen LogP contribution is -2.17. The quantitative estimate of drug-likeness (QED) is 0.477. The second-order valence-electron chi connectivity index (χ2n) is 2.98. The average molecular weight is 147 g/mol. The minimum Gasteiger partial charge on any atom is -0.327 e. The van der Waals surface area contributed by atoms with Gasteiger partial charge in [0.05, 0.1) is 11.5 Å². The van der Waals surface area contributed by atoms with Gasteiger partial charge >= 0.3 is 0 Å². The highest BCUT2D eigenvalue weighted by Gasteiger charge is 2.56. The highest BCUT2D eigenvalue weighted by Crippen LogP contribution is 2.44. The topological polar surface area (TPSA) is 60.2 Å². The molecule has 1 heterocycles. The molecule has 1 aliphatic carbocycles. The van der Waals surface area contributed by atoms with Crippen LogP contribution < -0.4 is 5.73 Å². The van der Waals surface area contributed by atoms with Gasteiger partial charge in [0, 0.05) is 6.04 Å². The van der Waals surface area contributed by atoms with E-state index in [-0.39, 0.29) is 6.04 Å². The molecule has 3 nitrogen and oxygen atoms in total. The molecule has 2 unspecified atom stereocenters. The molecule has 2 fully saturated rings. The van der Waals surface area contributed by atoms with Gasteiger partial charge in [0.1, 0.15) is 0 Å². The molecule has 9 heavy (non-hydrogen) atoms. The minimum atomic E-state index is -2.66. The third-order valence-corrected chi connectivity index (χ3v) is 4.08. The van der Waals surface area contributed by atoms with Crippen LogP contribution in [0.3, 0.4) is 0 Å². The van der Waals surface area contributed by atoms with Crippen LogP contribution in [0.1, 0.15) is 0 Å². The predicted molar refractivity (Wildman–Crippen MR) is 33.6 cm³/mol. The smallest absolute Gasteiger partial charge is 0.151 e. The Hall–Kier alpha value is -0.0900. The molecule has 0 spiro atoms. The lowest BCUT2D eigenvalue weighted by Gasteiger charge is -1.95. The molecule has 0 aromatic rings. The van der Waals surface area contributed by atoms with E-state index < -0.39 is 9.84 Å². The van der Waals surface area contributed by atoms with Gasteiger partial charge in [-0.1, -0.05) is 0 Å². The van der Waals surface area contributed by atoms with Crippen molar-refractivity contribution in [3.8, 4) is 0 Å². The van der Waals surface area contributed by atoms with Gasteiger partial charge in [-0.25, -0.2) is 8.42 Å². The summed E-state index contributed by atoms with van der Waals surface area (Å²) in [7, 11) is -2.66. The molecule has 4 heteroatoms. The Morgan fingerprint density at radius 1 is 1.22 bits per heavy atom. The zero-order chi connectivity index (χ0) is 6.65. The molecule has 1 saturated carbocycles. The second-order valence-corrected chi connectivity index (χ2v) is 5.14. The first kappa shape index (κ1) is 5.68. The maximum absolute atomic E-state index is 10.8. The van der Waals surface area contributed by atoms with Crippen LogP contribution in [0.2, 0.25) is 0 Å². The van der Waals surface area contributed by atoms with Crippen LogP contribution in [0.25, 0.3) is 0 Å². The fourth-order valence-electron chi connectivity index (χ4n) is 1.60. The molecule has 1 aliphatic heterocycles. The van der Waals surface area contributed by atoms with Crippen LogP contribution in [-0.4, -0.2) is 26.0 Å². The van der Waals surface area contributed by atoms with Gasteiger partial charge < -0.3 is 5.73 Å². The number of rotatable bonds is 0. The standard InChI is InChI=1S/C5H9NO2S/c6-5-3-1-9(7,8)2-4(3)5/h3-5H,1-2,6H2. The van der Waals surface area contributed by atoms with Gasteiger partial charge in [0.15, 0.2) is 9.84 Å². The van der Waals surface area contributed by atoms with Crippen LogP contribution in [0.5, 0.6) is 0 Å². The van der Waals surface area contributed by atoms with Crippen molar-refractivity contribution < 1.29 is 8.42 Å². The zero-order valence-corrected chi connectivity index (χ0v) is 5.76. The van der Waals surface area contributed by atoms with E-state index in [2.05, 4.69) is 0 Å². The van der Waals surface area contributed by atoms with Gasteiger partial charge in [-0.05, 0) is 11.8 Å². The van der Waals surface area contributed by atoms with E-state index in [4.69, 9.17) is 5.73 Å². The molecule has 2 N–H and O–H groups in total. The zero-order valence-electron chi connectivity index (χ0n) is 4.95. The van der Waals surface area contributed by atoms with Crippen molar-refractivity contribution >= 4 is 9.84 Å². The summed E-state index contributed by atoms with van der Waals surface area (Å²) in [5, 5.41) is 0. The van der Waals surface area contributed by atoms with Crippen molar-refractivity contribution in [3.63, 3.8) is 0 Å². The lowest BCUT2D eigenvalue weighted by atomic mass is 10.4. The summed E-state index contributed by atoms with van der Waals surface area (Å²) in [5.41, 5.74) is 5.53. The Labute approximate surface area is 54.2 Å². The summed E-state index contributed by atoms with van der Waals surface area (Å²) in [4.78, 5) is 0. The van der Waals surface area contributed by atoms with Crippen molar-refractivity contribution in [2.45, 2.75) is 6.04 Å². The molecule has 1 saturated heterocycles. The fraction of sp³-hybridized carbons (Fsp3) is 1.00. The Balaban J connectivity index is 2.21. The van der Waals surface area contributed by atoms with Crippen molar-refractivity contribution in [1.82, 2.24) is 0 Å². The molecule has 52 valence electrons. The van der Waals surface area contributed by atoms with Crippen LogP contribution in [-0.2, 0) is 9.84 Å². The van der Waals surface area contributed by atoms with E-state index in [0.29, 0.717) is 23.3 Å². The number of nitrogens with two attached hydrogens (primary N) is 1. The SMILES string of the molecule is NC1C2CS(=O)(=O)CC12. The normalized spacial score (nSPS) is 52.8. The van der Waals surface area contributed by atoms with E-state index in [1.807, 2.05) is 0 Å². The maximum Gasteiger partial charge on any atom is 0.151 e. The molecule has 2 rings (SSSR count). The predicted octanol–water partition coefficient (Wildman–Crippen LogP) is -1.01. The maximum atomic E-state index is 10.8. The molecule has 0 radical (unpaired) electrons. The Morgan fingerprint density at radius 3 is 2.00 bits per heavy atom. The Kier molecular flexibility index (Phi) is 0.833. The molecular formula is C5H9NO2S. The molecule has 2 aliphatic rings. The largest absolute Gasteiger partial charge is 0.327 e. The van der Waals surface area contributed by atoms with Gasteiger partial charge in [0.2, 0.25) is 0 Å². The summed E-state index contributed by atoms with van der Waals surface area (Å²) in [6.07, 6.45) is 0. The first-order valence-electron chi connectivity index (χ1n) is 3.06. The van der Waals surface area contributed by atoms with Crippen LogP contribution >= 0.6 is 0 Å². The molecule has 0 bridgehead atoms. The third-order valence-electron chi connectivity index (χ3n) is 2.29. The van der Waals surface area contributed by atoms with Crippen molar-refractivity contribution in [2.75, 3.05) is 11.5 Å². The average Bonchev–Trinajstić information content (AvgIpc) is 2.26. The summed E-state index contributed by atoms with van der Waals surface area (Å²) < 4.78 is 21.5. The van der Waals surface area contributed by atoms with Crippen LogP contribution in [0.4, 0.5) is 0 Å². The van der Waals surface area contributed by atoms with Gasteiger partial charge in [-0.15, -0.1) is 0 Å². The van der Waals surface area contributed by atoms with Gasteiger partial charge in [0.25, 0.3) is 0 Å². The molecule has 0 aromatic carbocycles. The summed E-state index contributed by atoms with van der Waals surface area (Å²) in [5.74, 6) is 1.32. The van der Waals surface area contributed by atoms with E-state index >= 15 is 0 Å². The van der Waals surface area contributed by atoms with Crippen molar-refractivity contribution in [3.05, 3.63) is 0 Å². The first-order valence-corrected chi connectivity index (χ1v) is 4.88. The number of hydrogen-bond acceptors (Lipinski definition) is 3. The van der Waals surface area contributed by atoms with Gasteiger partial charge in [-0.2, -0.15) is 0 Å². The summed E-state index contributed by atoms with van der Waals surface area (Å²) >= 11 is 0. The van der Waals surface area contributed by atoms with E-state index in [1.54, 1.807) is 0 Å². The first-order chi connectivity index (χ1) is 4.10. The third kappa shape index (κ3) is 0.697. The molecule has 2 atom stereocenters. The Morgan fingerprint density at radius 2 is 1.67 bits per heavy atom. The monoisotopic (exact) mass is 147 g/mol. The van der Waals surface area contributed by atoms with Crippen LogP contribution in [0.15, 0.2) is 0 Å². The molecule has 0 amide bonds. The number of hydrogen-bond donors (Lipinski definition) is 1. The van der Waals surface area contributed by atoms with Crippen molar-refractivity contribution in [1.29, 1.82) is 0 Å². The van der Waals surface area contributed by atoms with E-state index in [9.17, 15) is 8.42 Å². The van der Waals surface area contributed by atoms with Crippen LogP contribution in [0, 0.1) is 11.8 Å². The van der Waals surface area contributed by atoms with E-state index in [0.717, 1.165) is 0 Å². The van der Waals surface area contributed by atoms with Crippen molar-refractivity contribution in [2.24, 2.45) is 17.6 Å². The van der Waals surface area contributed by atoms with E-state index in [1.165, 1.54) is 0 Å². The fourth-order valence-corrected chi connectivity index (χ4v) is 3.85. The lowest BCUT2D eigenvalue weighted by molar-refractivity contribution is 0.595. The van der Waals surface area contributed by atoms with Gasteiger partial charge in [-0.3, -0.25) is 0 Å². The summed E-state index contributed by atoms with van der Waals surface area (Å²) in [6.45, 7) is 0. The second kappa shape index (κ2) is 1.32. The number of sulfone groups is 1. The summed E-state index contributed by atoms with van der Waals surface area (Å²) in [6, 6.07) is 0.202. The highest BCUT2D eigenvalue weighted by molar-refractivity contribution is 7.91.